The van der Waals surface area contributed by atoms with Crippen molar-refractivity contribution in [3.8, 4) is 0 Å². The van der Waals surface area contributed by atoms with E-state index in [-0.39, 0.29) is 0 Å². The molecule has 2 rings (SSSR count). The molecule has 0 unspecified atom stereocenters. The van der Waals surface area contributed by atoms with Crippen molar-refractivity contribution < 1.29 is 0 Å². The van der Waals surface area contributed by atoms with E-state index in [1.54, 1.807) is 0 Å². The largest absolute Gasteiger partial charge is 0.330 e. The molecule has 0 bridgehead atoms. The average Bonchev–Trinajstić information content (AvgIpc) is 2.49. The van der Waals surface area contributed by atoms with Crippen LogP contribution in [-0.2, 0) is 6.42 Å². The SMILES string of the molecule is Cc1cccc2nc(CCN)cn12. The molecule has 13 heavy (non-hydrogen) atoms. The minimum absolute atomic E-state index is 0.656. The number of nitrogens with zero attached hydrogens (tertiary/aromatic N) is 2. The predicted molar refractivity (Wildman–Crippen MR) is 52.7 cm³/mol. The molecule has 68 valence electrons. The van der Waals surface area contributed by atoms with E-state index in [4.69, 9.17) is 5.73 Å². The van der Waals surface area contributed by atoms with Crippen LogP contribution >= 0.6 is 0 Å². The molecular formula is C10H13N3. The maximum Gasteiger partial charge on any atom is 0.137 e. The Morgan fingerprint density at radius 3 is 3.00 bits per heavy atom. The molecule has 0 fully saturated rings. The summed E-state index contributed by atoms with van der Waals surface area (Å²) in [4.78, 5) is 4.45. The lowest BCUT2D eigenvalue weighted by Crippen LogP contribution is -2.02. The second-order valence-corrected chi connectivity index (χ2v) is 3.17. The van der Waals surface area contributed by atoms with Gasteiger partial charge in [-0.05, 0) is 25.6 Å². The lowest BCUT2D eigenvalue weighted by atomic mass is 10.3. The van der Waals surface area contributed by atoms with Gasteiger partial charge in [-0.1, -0.05) is 6.07 Å². The number of aromatic nitrogens is 2. The smallest absolute Gasteiger partial charge is 0.137 e. The quantitative estimate of drug-likeness (QED) is 0.744. The number of fused-ring (bicyclic) bond motifs is 1. The summed E-state index contributed by atoms with van der Waals surface area (Å²) in [5.41, 5.74) is 8.74. The minimum atomic E-state index is 0.656. The van der Waals surface area contributed by atoms with Gasteiger partial charge in [-0.15, -0.1) is 0 Å². The fourth-order valence-corrected chi connectivity index (χ4v) is 1.47. The summed E-state index contributed by atoms with van der Waals surface area (Å²) >= 11 is 0. The molecular weight excluding hydrogens is 162 g/mol. The summed E-state index contributed by atoms with van der Waals surface area (Å²) in [6.45, 7) is 2.73. The zero-order chi connectivity index (χ0) is 9.26. The van der Waals surface area contributed by atoms with Crippen molar-refractivity contribution in [2.45, 2.75) is 13.3 Å². The molecule has 2 aromatic rings. The Labute approximate surface area is 77.2 Å². The van der Waals surface area contributed by atoms with Crippen LogP contribution in [0.2, 0.25) is 0 Å². The highest BCUT2D eigenvalue weighted by Crippen LogP contribution is 2.08. The third kappa shape index (κ3) is 1.42. The zero-order valence-corrected chi connectivity index (χ0v) is 7.70. The average molecular weight is 175 g/mol. The number of rotatable bonds is 2. The van der Waals surface area contributed by atoms with Crippen molar-refractivity contribution >= 4 is 5.65 Å². The first-order valence-electron chi connectivity index (χ1n) is 4.45. The van der Waals surface area contributed by atoms with Crippen molar-refractivity contribution in [3.63, 3.8) is 0 Å². The highest BCUT2D eigenvalue weighted by Gasteiger charge is 2.00. The first-order valence-corrected chi connectivity index (χ1v) is 4.45. The van der Waals surface area contributed by atoms with E-state index in [1.807, 2.05) is 12.1 Å². The number of nitrogens with two attached hydrogens (primary N) is 1. The molecule has 3 nitrogen and oxygen atoms in total. The van der Waals surface area contributed by atoms with Crippen molar-refractivity contribution in [2.24, 2.45) is 5.73 Å². The summed E-state index contributed by atoms with van der Waals surface area (Å²) in [6.07, 6.45) is 2.90. The summed E-state index contributed by atoms with van der Waals surface area (Å²) in [7, 11) is 0. The highest BCUT2D eigenvalue weighted by molar-refractivity contribution is 5.41. The van der Waals surface area contributed by atoms with Gasteiger partial charge >= 0.3 is 0 Å². The van der Waals surface area contributed by atoms with Gasteiger partial charge in [-0.2, -0.15) is 0 Å². The Kier molecular flexibility index (Phi) is 2.02. The molecule has 0 atom stereocenters. The minimum Gasteiger partial charge on any atom is -0.330 e. The topological polar surface area (TPSA) is 43.3 Å². The van der Waals surface area contributed by atoms with E-state index in [9.17, 15) is 0 Å². The number of pyridine rings is 1. The normalized spacial score (nSPS) is 10.9. The fourth-order valence-electron chi connectivity index (χ4n) is 1.47. The second kappa shape index (κ2) is 3.18. The summed E-state index contributed by atoms with van der Waals surface area (Å²) in [5.74, 6) is 0. The predicted octanol–water partition coefficient (Wildman–Crippen LogP) is 1.14. The van der Waals surface area contributed by atoms with Crippen LogP contribution in [0.5, 0.6) is 0 Å². The molecule has 2 heterocycles. The summed E-state index contributed by atoms with van der Waals surface area (Å²) in [6, 6.07) is 6.10. The lowest BCUT2D eigenvalue weighted by Gasteiger charge is -1.95. The molecule has 0 aliphatic heterocycles. The first kappa shape index (κ1) is 8.26. The van der Waals surface area contributed by atoms with Crippen LogP contribution in [0.15, 0.2) is 24.4 Å². The first-order chi connectivity index (χ1) is 6.31. The number of aryl methyl sites for hydroxylation is 1. The number of hydrogen-bond donors (Lipinski definition) is 1. The van der Waals surface area contributed by atoms with Crippen molar-refractivity contribution in [1.29, 1.82) is 0 Å². The lowest BCUT2D eigenvalue weighted by molar-refractivity contribution is 0.936. The van der Waals surface area contributed by atoms with Gasteiger partial charge in [0.2, 0.25) is 0 Å². The highest BCUT2D eigenvalue weighted by atomic mass is 15.0. The van der Waals surface area contributed by atoms with Gasteiger partial charge in [-0.3, -0.25) is 0 Å². The van der Waals surface area contributed by atoms with E-state index >= 15 is 0 Å². The standard InChI is InChI=1S/C10H13N3/c1-8-3-2-4-10-12-9(5-6-11)7-13(8)10/h2-4,7H,5-6,11H2,1H3. The molecule has 0 amide bonds. The number of hydrogen-bond acceptors (Lipinski definition) is 2. The van der Waals surface area contributed by atoms with Gasteiger partial charge in [0.1, 0.15) is 5.65 Å². The van der Waals surface area contributed by atoms with Crippen LogP contribution in [0, 0.1) is 6.92 Å². The molecule has 0 aliphatic carbocycles. The third-order valence-electron chi connectivity index (χ3n) is 2.15. The van der Waals surface area contributed by atoms with Gasteiger partial charge in [-0.25, -0.2) is 4.98 Å². The molecule has 0 aliphatic rings. The fraction of sp³-hybridized carbons (Fsp3) is 0.300. The van der Waals surface area contributed by atoms with E-state index in [2.05, 4.69) is 28.6 Å². The molecule has 0 radical (unpaired) electrons. The van der Waals surface area contributed by atoms with Crippen molar-refractivity contribution in [1.82, 2.24) is 9.38 Å². The van der Waals surface area contributed by atoms with Gasteiger partial charge in [0.05, 0.1) is 5.69 Å². The Hall–Kier alpha value is -1.35. The van der Waals surface area contributed by atoms with Crippen LogP contribution < -0.4 is 5.73 Å². The zero-order valence-electron chi connectivity index (χ0n) is 7.70. The molecule has 0 spiro atoms. The van der Waals surface area contributed by atoms with E-state index < -0.39 is 0 Å². The Bertz CT molecular complexity index is 417. The van der Waals surface area contributed by atoms with Gasteiger partial charge in [0.15, 0.2) is 0 Å². The van der Waals surface area contributed by atoms with Crippen LogP contribution in [0.25, 0.3) is 5.65 Å². The van der Waals surface area contributed by atoms with Crippen molar-refractivity contribution in [3.05, 3.63) is 35.8 Å². The Morgan fingerprint density at radius 1 is 1.46 bits per heavy atom. The molecule has 0 saturated carbocycles. The van der Waals surface area contributed by atoms with E-state index in [0.717, 1.165) is 17.8 Å². The molecule has 2 aromatic heterocycles. The second-order valence-electron chi connectivity index (χ2n) is 3.17. The maximum absolute atomic E-state index is 5.47. The third-order valence-corrected chi connectivity index (χ3v) is 2.15. The van der Waals surface area contributed by atoms with Crippen LogP contribution in [0.4, 0.5) is 0 Å². The summed E-state index contributed by atoms with van der Waals surface area (Å²) < 4.78 is 2.09. The Balaban J connectivity index is 2.55. The summed E-state index contributed by atoms with van der Waals surface area (Å²) in [5, 5.41) is 0. The molecule has 2 N–H and O–H groups in total. The van der Waals surface area contributed by atoms with Gasteiger partial charge in [0, 0.05) is 18.3 Å². The van der Waals surface area contributed by atoms with Crippen LogP contribution in [-0.4, -0.2) is 15.9 Å². The van der Waals surface area contributed by atoms with Gasteiger partial charge < -0.3 is 10.1 Å². The molecule has 0 aromatic carbocycles. The van der Waals surface area contributed by atoms with E-state index in [0.29, 0.717) is 6.54 Å². The molecule has 3 heteroatoms. The monoisotopic (exact) mass is 175 g/mol. The van der Waals surface area contributed by atoms with Gasteiger partial charge in [0.25, 0.3) is 0 Å². The Morgan fingerprint density at radius 2 is 2.31 bits per heavy atom. The maximum atomic E-state index is 5.47. The van der Waals surface area contributed by atoms with E-state index in [1.165, 1.54) is 5.69 Å². The molecule has 0 saturated heterocycles. The van der Waals surface area contributed by atoms with Crippen LogP contribution in [0.3, 0.4) is 0 Å². The number of imidazole rings is 1. The van der Waals surface area contributed by atoms with Crippen molar-refractivity contribution in [2.75, 3.05) is 6.54 Å². The van der Waals surface area contributed by atoms with Crippen LogP contribution in [0.1, 0.15) is 11.4 Å².